The first-order chi connectivity index (χ1) is 13.0. The van der Waals surface area contributed by atoms with Crippen molar-refractivity contribution in [1.29, 1.82) is 0 Å². The smallest absolute Gasteiger partial charge is 0.227 e. The number of amides is 2. The van der Waals surface area contributed by atoms with E-state index in [1.54, 1.807) is 4.90 Å². The topological polar surface area (TPSA) is 78.1 Å². The Morgan fingerprint density at radius 1 is 1.22 bits per heavy atom. The lowest BCUT2D eigenvalue weighted by Gasteiger charge is -2.20. The SMILES string of the molecule is Cc1cccc(N2CC(C(=O)NCc3nc4ccccc4[nH]3)CC2=O)c1C. The summed E-state index contributed by atoms with van der Waals surface area (Å²) >= 11 is 0. The molecule has 1 unspecified atom stereocenters. The second-order valence-electron chi connectivity index (χ2n) is 7.04. The minimum Gasteiger partial charge on any atom is -0.349 e. The van der Waals surface area contributed by atoms with Crippen LogP contribution in [-0.2, 0) is 16.1 Å². The van der Waals surface area contributed by atoms with E-state index < -0.39 is 0 Å². The molecule has 3 aromatic rings. The molecule has 6 heteroatoms. The first kappa shape index (κ1) is 17.3. The van der Waals surface area contributed by atoms with Crippen molar-refractivity contribution in [2.75, 3.05) is 11.4 Å². The van der Waals surface area contributed by atoms with Gasteiger partial charge < -0.3 is 15.2 Å². The van der Waals surface area contributed by atoms with E-state index in [4.69, 9.17) is 0 Å². The zero-order chi connectivity index (χ0) is 19.0. The van der Waals surface area contributed by atoms with Gasteiger partial charge in [-0.05, 0) is 43.2 Å². The van der Waals surface area contributed by atoms with Crippen molar-refractivity contribution in [2.45, 2.75) is 26.8 Å². The van der Waals surface area contributed by atoms with Crippen LogP contribution < -0.4 is 10.2 Å². The number of nitrogens with zero attached hydrogens (tertiary/aromatic N) is 2. The molecule has 0 radical (unpaired) electrons. The van der Waals surface area contributed by atoms with Gasteiger partial charge in [-0.25, -0.2) is 4.98 Å². The number of aryl methyl sites for hydroxylation is 1. The van der Waals surface area contributed by atoms with E-state index in [1.807, 2.05) is 56.3 Å². The third-order valence-corrected chi connectivity index (χ3v) is 5.23. The van der Waals surface area contributed by atoms with Crippen molar-refractivity contribution < 1.29 is 9.59 Å². The molecule has 1 aliphatic heterocycles. The number of carbonyl (C=O) groups excluding carboxylic acids is 2. The summed E-state index contributed by atoms with van der Waals surface area (Å²) in [6, 6.07) is 13.7. The minimum atomic E-state index is -0.346. The van der Waals surface area contributed by atoms with Gasteiger partial charge in [0.2, 0.25) is 11.8 Å². The van der Waals surface area contributed by atoms with E-state index >= 15 is 0 Å². The average Bonchev–Trinajstić information content (AvgIpc) is 3.25. The number of benzene rings is 2. The van der Waals surface area contributed by atoms with E-state index in [0.29, 0.717) is 18.9 Å². The van der Waals surface area contributed by atoms with E-state index in [-0.39, 0.29) is 24.2 Å². The maximum atomic E-state index is 12.6. The van der Waals surface area contributed by atoms with E-state index in [2.05, 4.69) is 15.3 Å². The molecule has 4 rings (SSSR count). The monoisotopic (exact) mass is 362 g/mol. The van der Waals surface area contributed by atoms with E-state index in [9.17, 15) is 9.59 Å². The highest BCUT2D eigenvalue weighted by molar-refractivity contribution is 6.00. The fourth-order valence-electron chi connectivity index (χ4n) is 3.55. The Morgan fingerprint density at radius 3 is 2.85 bits per heavy atom. The van der Waals surface area contributed by atoms with Gasteiger partial charge in [0.25, 0.3) is 0 Å². The van der Waals surface area contributed by atoms with Crippen molar-refractivity contribution in [3.63, 3.8) is 0 Å². The number of nitrogens with one attached hydrogen (secondary N) is 2. The Labute approximate surface area is 157 Å². The number of hydrogen-bond donors (Lipinski definition) is 2. The summed E-state index contributed by atoms with van der Waals surface area (Å²) in [5, 5.41) is 2.91. The van der Waals surface area contributed by atoms with Crippen LogP contribution >= 0.6 is 0 Å². The number of aromatic amines is 1. The van der Waals surface area contributed by atoms with Crippen LogP contribution in [0.1, 0.15) is 23.4 Å². The quantitative estimate of drug-likeness (QED) is 0.749. The Balaban J connectivity index is 1.42. The molecule has 27 heavy (non-hydrogen) atoms. The Kier molecular flexibility index (Phi) is 4.39. The van der Waals surface area contributed by atoms with Gasteiger partial charge in [0.05, 0.1) is 23.5 Å². The van der Waals surface area contributed by atoms with Gasteiger partial charge in [-0.2, -0.15) is 0 Å². The second kappa shape index (κ2) is 6.87. The Hall–Kier alpha value is -3.15. The molecule has 2 amide bonds. The highest BCUT2D eigenvalue weighted by Gasteiger charge is 2.35. The lowest BCUT2D eigenvalue weighted by molar-refractivity contribution is -0.126. The number of rotatable bonds is 4. The molecule has 6 nitrogen and oxygen atoms in total. The van der Waals surface area contributed by atoms with E-state index in [0.717, 1.165) is 27.8 Å². The molecule has 0 bridgehead atoms. The lowest BCUT2D eigenvalue weighted by atomic mass is 10.1. The predicted molar refractivity (Wildman–Crippen MR) is 104 cm³/mol. The Morgan fingerprint density at radius 2 is 2.04 bits per heavy atom. The highest BCUT2D eigenvalue weighted by atomic mass is 16.2. The molecule has 1 fully saturated rings. The van der Waals surface area contributed by atoms with Crippen molar-refractivity contribution >= 4 is 28.5 Å². The van der Waals surface area contributed by atoms with Crippen LogP contribution in [0.3, 0.4) is 0 Å². The predicted octanol–water partition coefficient (Wildman–Crippen LogP) is 2.85. The van der Waals surface area contributed by atoms with Crippen LogP contribution in [0.2, 0.25) is 0 Å². The Bertz CT molecular complexity index is 991. The molecule has 2 aromatic carbocycles. The number of para-hydroxylation sites is 2. The molecule has 1 aromatic heterocycles. The number of H-pyrrole nitrogens is 1. The lowest BCUT2D eigenvalue weighted by Crippen LogP contribution is -2.33. The first-order valence-electron chi connectivity index (χ1n) is 9.11. The van der Waals surface area contributed by atoms with Crippen molar-refractivity contribution in [1.82, 2.24) is 15.3 Å². The summed E-state index contributed by atoms with van der Waals surface area (Å²) in [6.45, 7) is 4.76. The number of imidazole rings is 1. The zero-order valence-corrected chi connectivity index (χ0v) is 15.5. The van der Waals surface area contributed by atoms with Crippen molar-refractivity contribution in [3.8, 4) is 0 Å². The van der Waals surface area contributed by atoms with Gasteiger partial charge in [0.15, 0.2) is 0 Å². The zero-order valence-electron chi connectivity index (χ0n) is 15.5. The summed E-state index contributed by atoms with van der Waals surface area (Å²) < 4.78 is 0. The van der Waals surface area contributed by atoms with Gasteiger partial charge in [-0.15, -0.1) is 0 Å². The third-order valence-electron chi connectivity index (χ3n) is 5.23. The number of hydrogen-bond acceptors (Lipinski definition) is 3. The number of fused-ring (bicyclic) bond motifs is 1. The molecule has 138 valence electrons. The third kappa shape index (κ3) is 3.30. The van der Waals surface area contributed by atoms with Crippen LogP contribution in [0.15, 0.2) is 42.5 Å². The standard InChI is InChI=1S/C21H22N4O2/c1-13-6-5-9-18(14(13)2)25-12-15(10-20(25)26)21(27)22-11-19-23-16-7-3-4-8-17(16)24-19/h3-9,15H,10-12H2,1-2H3,(H,22,27)(H,23,24). The molecule has 0 spiro atoms. The minimum absolute atomic E-state index is 0.00686. The summed E-state index contributed by atoms with van der Waals surface area (Å²) in [5.41, 5.74) is 4.93. The van der Waals surface area contributed by atoms with Crippen LogP contribution in [-0.4, -0.2) is 28.3 Å². The van der Waals surface area contributed by atoms with Crippen LogP contribution in [0.25, 0.3) is 11.0 Å². The molecule has 0 aliphatic carbocycles. The molecule has 2 heterocycles. The largest absolute Gasteiger partial charge is 0.349 e. The van der Waals surface area contributed by atoms with Crippen LogP contribution in [0.4, 0.5) is 5.69 Å². The number of anilines is 1. The van der Waals surface area contributed by atoms with Crippen molar-refractivity contribution in [2.24, 2.45) is 5.92 Å². The summed E-state index contributed by atoms with van der Waals surface area (Å²) in [6.07, 6.45) is 0.235. The fourth-order valence-corrected chi connectivity index (χ4v) is 3.55. The molecule has 0 saturated carbocycles. The van der Waals surface area contributed by atoms with Crippen LogP contribution in [0, 0.1) is 19.8 Å². The van der Waals surface area contributed by atoms with Gasteiger partial charge >= 0.3 is 0 Å². The average molecular weight is 362 g/mol. The van der Waals surface area contributed by atoms with E-state index in [1.165, 1.54) is 0 Å². The van der Waals surface area contributed by atoms with Crippen molar-refractivity contribution in [3.05, 3.63) is 59.4 Å². The van der Waals surface area contributed by atoms with Crippen LogP contribution in [0.5, 0.6) is 0 Å². The molecule has 1 aliphatic rings. The summed E-state index contributed by atoms with van der Waals surface area (Å²) in [4.78, 5) is 34.4. The maximum absolute atomic E-state index is 12.6. The fraction of sp³-hybridized carbons (Fsp3) is 0.286. The molecular weight excluding hydrogens is 340 g/mol. The van der Waals surface area contributed by atoms with Gasteiger partial charge in [-0.1, -0.05) is 24.3 Å². The number of carbonyl (C=O) groups is 2. The summed E-state index contributed by atoms with van der Waals surface area (Å²) in [5.74, 6) is 0.242. The molecule has 1 saturated heterocycles. The summed E-state index contributed by atoms with van der Waals surface area (Å²) in [7, 11) is 0. The second-order valence-corrected chi connectivity index (χ2v) is 7.04. The molecular formula is C21H22N4O2. The molecule has 1 atom stereocenters. The van der Waals surface area contributed by atoms with Gasteiger partial charge in [-0.3, -0.25) is 9.59 Å². The first-order valence-corrected chi connectivity index (χ1v) is 9.11. The highest BCUT2D eigenvalue weighted by Crippen LogP contribution is 2.29. The normalized spacial score (nSPS) is 16.9. The number of aromatic nitrogens is 2. The van der Waals surface area contributed by atoms with Gasteiger partial charge in [0, 0.05) is 18.7 Å². The van der Waals surface area contributed by atoms with Gasteiger partial charge in [0.1, 0.15) is 5.82 Å². The maximum Gasteiger partial charge on any atom is 0.227 e. The molecule has 2 N–H and O–H groups in total.